The van der Waals surface area contributed by atoms with Gasteiger partial charge in [-0.1, -0.05) is 6.92 Å². The van der Waals surface area contributed by atoms with Crippen LogP contribution in [0.5, 0.6) is 0 Å². The maximum atomic E-state index is 13.9. The maximum absolute atomic E-state index is 13.9. The quantitative estimate of drug-likeness (QED) is 0.867. The molecule has 104 valence electrons. The molecule has 0 saturated heterocycles. The highest BCUT2D eigenvalue weighted by Crippen LogP contribution is 2.26. The molecule has 0 fully saturated rings. The van der Waals surface area contributed by atoms with E-state index in [2.05, 4.69) is 47.0 Å². The van der Waals surface area contributed by atoms with Crippen LogP contribution in [0, 0.1) is 17.1 Å². The van der Waals surface area contributed by atoms with E-state index in [1.165, 1.54) is 0 Å². The molecule has 0 aliphatic carbocycles. The first kappa shape index (κ1) is 15.9. The largest absolute Gasteiger partial charge is 0.381 e. The Kier molecular flexibility index (Phi) is 6.26. The number of anilines is 1. The average molecular weight is 328 g/mol. The third kappa shape index (κ3) is 4.19. The molecule has 0 aliphatic rings. The van der Waals surface area contributed by atoms with Crippen LogP contribution in [0.1, 0.15) is 25.8 Å². The SMILES string of the molecule is CCC(C)N(C)CCNc1ccc(C#N)c(Br)c1F. The van der Waals surface area contributed by atoms with Crippen molar-refractivity contribution in [2.45, 2.75) is 26.3 Å². The second kappa shape index (κ2) is 7.46. The van der Waals surface area contributed by atoms with Gasteiger partial charge >= 0.3 is 0 Å². The van der Waals surface area contributed by atoms with Gasteiger partial charge in [-0.3, -0.25) is 0 Å². The molecule has 1 atom stereocenters. The van der Waals surface area contributed by atoms with Crippen molar-refractivity contribution in [1.82, 2.24) is 4.90 Å². The Morgan fingerprint density at radius 1 is 1.53 bits per heavy atom. The monoisotopic (exact) mass is 327 g/mol. The van der Waals surface area contributed by atoms with E-state index in [1.54, 1.807) is 12.1 Å². The van der Waals surface area contributed by atoms with Crippen molar-refractivity contribution >= 4 is 21.6 Å². The van der Waals surface area contributed by atoms with Gasteiger partial charge in [-0.2, -0.15) is 5.26 Å². The van der Waals surface area contributed by atoms with Crippen LogP contribution < -0.4 is 5.32 Å². The number of nitrogens with zero attached hydrogens (tertiary/aromatic N) is 2. The van der Waals surface area contributed by atoms with E-state index in [4.69, 9.17) is 5.26 Å². The van der Waals surface area contributed by atoms with E-state index in [-0.39, 0.29) is 4.47 Å². The summed E-state index contributed by atoms with van der Waals surface area (Å²) in [6.07, 6.45) is 1.09. The molecule has 0 saturated carbocycles. The molecule has 19 heavy (non-hydrogen) atoms. The number of rotatable bonds is 6. The van der Waals surface area contributed by atoms with Crippen LogP contribution in [0.2, 0.25) is 0 Å². The number of likely N-dealkylation sites (N-methyl/N-ethyl adjacent to an activating group) is 1. The second-order valence-electron chi connectivity index (χ2n) is 4.57. The molecule has 5 heteroatoms. The summed E-state index contributed by atoms with van der Waals surface area (Å²) < 4.78 is 14.1. The van der Waals surface area contributed by atoms with Gasteiger partial charge in [-0.15, -0.1) is 0 Å². The first-order valence-electron chi connectivity index (χ1n) is 6.33. The smallest absolute Gasteiger partial charge is 0.161 e. The minimum absolute atomic E-state index is 0.218. The number of hydrogen-bond acceptors (Lipinski definition) is 3. The van der Waals surface area contributed by atoms with Crippen LogP contribution in [-0.2, 0) is 0 Å². The highest BCUT2D eigenvalue weighted by atomic mass is 79.9. The Bertz CT molecular complexity index is 470. The van der Waals surface area contributed by atoms with Gasteiger partial charge < -0.3 is 10.2 Å². The van der Waals surface area contributed by atoms with Gasteiger partial charge in [-0.25, -0.2) is 4.39 Å². The molecule has 0 aromatic heterocycles. The molecule has 1 unspecified atom stereocenters. The molecule has 1 rings (SSSR count). The van der Waals surface area contributed by atoms with Gasteiger partial charge in [-0.05, 0) is 48.5 Å². The molecular weight excluding hydrogens is 309 g/mol. The summed E-state index contributed by atoms with van der Waals surface area (Å²) >= 11 is 3.10. The topological polar surface area (TPSA) is 39.1 Å². The summed E-state index contributed by atoms with van der Waals surface area (Å²) in [5, 5.41) is 11.9. The second-order valence-corrected chi connectivity index (χ2v) is 5.36. The fourth-order valence-corrected chi connectivity index (χ4v) is 2.11. The van der Waals surface area contributed by atoms with E-state index >= 15 is 0 Å². The summed E-state index contributed by atoms with van der Waals surface area (Å²) in [5.74, 6) is -0.412. The lowest BCUT2D eigenvalue weighted by atomic mass is 10.2. The van der Waals surface area contributed by atoms with Crippen LogP contribution in [0.15, 0.2) is 16.6 Å². The molecule has 0 bridgehead atoms. The molecule has 1 aromatic rings. The summed E-state index contributed by atoms with van der Waals surface area (Å²) in [4.78, 5) is 2.23. The van der Waals surface area contributed by atoms with Crippen LogP contribution in [-0.4, -0.2) is 31.1 Å². The molecule has 0 aliphatic heterocycles. The average Bonchev–Trinajstić information content (AvgIpc) is 2.42. The minimum atomic E-state index is -0.412. The Balaban J connectivity index is 2.60. The van der Waals surface area contributed by atoms with Crippen LogP contribution >= 0.6 is 15.9 Å². The Morgan fingerprint density at radius 3 is 2.79 bits per heavy atom. The number of hydrogen-bond donors (Lipinski definition) is 1. The highest BCUT2D eigenvalue weighted by Gasteiger charge is 2.11. The predicted molar refractivity (Wildman–Crippen MR) is 79.7 cm³/mol. The predicted octanol–water partition coefficient (Wildman–Crippen LogP) is 3.60. The summed E-state index contributed by atoms with van der Waals surface area (Å²) in [5.41, 5.74) is 0.725. The van der Waals surface area contributed by atoms with Gasteiger partial charge in [0.1, 0.15) is 6.07 Å². The lowest BCUT2D eigenvalue weighted by Gasteiger charge is -2.23. The molecule has 0 spiro atoms. The van der Waals surface area contributed by atoms with Gasteiger partial charge in [0, 0.05) is 19.1 Å². The van der Waals surface area contributed by atoms with E-state index in [0.29, 0.717) is 23.8 Å². The standard InChI is InChI=1S/C14H19BrFN3/c1-4-10(2)19(3)8-7-18-12-6-5-11(9-17)13(15)14(12)16/h5-6,10,18H,4,7-8H2,1-3H3. The van der Waals surface area contributed by atoms with Crippen molar-refractivity contribution in [2.75, 3.05) is 25.5 Å². The van der Waals surface area contributed by atoms with E-state index in [9.17, 15) is 4.39 Å². The van der Waals surface area contributed by atoms with Gasteiger partial charge in [0.2, 0.25) is 0 Å². The Morgan fingerprint density at radius 2 is 2.21 bits per heavy atom. The van der Waals surface area contributed by atoms with Crippen LogP contribution in [0.4, 0.5) is 10.1 Å². The third-order valence-electron chi connectivity index (χ3n) is 3.33. The summed E-state index contributed by atoms with van der Waals surface area (Å²) in [7, 11) is 2.06. The lowest BCUT2D eigenvalue weighted by Crippen LogP contribution is -2.32. The Hall–Kier alpha value is -1.12. The number of benzene rings is 1. The summed E-state index contributed by atoms with van der Waals surface area (Å²) in [6.45, 7) is 5.81. The zero-order valence-corrected chi connectivity index (χ0v) is 13.1. The number of nitriles is 1. The van der Waals surface area contributed by atoms with Crippen LogP contribution in [0.25, 0.3) is 0 Å². The fraction of sp³-hybridized carbons (Fsp3) is 0.500. The first-order chi connectivity index (χ1) is 9.01. The number of nitrogens with one attached hydrogen (secondary N) is 1. The van der Waals surface area contributed by atoms with E-state index in [1.807, 2.05) is 6.07 Å². The molecule has 1 N–H and O–H groups in total. The molecule has 0 radical (unpaired) electrons. The van der Waals surface area contributed by atoms with Crippen molar-refractivity contribution in [2.24, 2.45) is 0 Å². The van der Waals surface area contributed by atoms with Gasteiger partial charge in [0.25, 0.3) is 0 Å². The normalized spacial score (nSPS) is 12.3. The van der Waals surface area contributed by atoms with Gasteiger partial charge in [0.05, 0.1) is 15.7 Å². The maximum Gasteiger partial charge on any atom is 0.161 e. The van der Waals surface area contributed by atoms with Crippen LogP contribution in [0.3, 0.4) is 0 Å². The zero-order chi connectivity index (χ0) is 14.4. The van der Waals surface area contributed by atoms with E-state index < -0.39 is 5.82 Å². The molecule has 1 aromatic carbocycles. The van der Waals surface area contributed by atoms with Crippen molar-refractivity contribution in [3.63, 3.8) is 0 Å². The third-order valence-corrected chi connectivity index (χ3v) is 4.10. The van der Waals surface area contributed by atoms with Crippen molar-refractivity contribution in [1.29, 1.82) is 5.26 Å². The highest BCUT2D eigenvalue weighted by molar-refractivity contribution is 9.10. The summed E-state index contributed by atoms with van der Waals surface area (Å²) in [6, 6.07) is 5.65. The Labute approximate surface area is 122 Å². The molecule has 0 amide bonds. The van der Waals surface area contributed by atoms with Crippen molar-refractivity contribution in [3.05, 3.63) is 28.0 Å². The van der Waals surface area contributed by atoms with E-state index in [0.717, 1.165) is 13.0 Å². The van der Waals surface area contributed by atoms with Crippen molar-refractivity contribution in [3.8, 4) is 6.07 Å². The minimum Gasteiger partial charge on any atom is -0.381 e. The molecular formula is C14H19BrFN3. The van der Waals surface area contributed by atoms with Crippen molar-refractivity contribution < 1.29 is 4.39 Å². The molecule has 0 heterocycles. The molecule has 3 nitrogen and oxygen atoms in total. The fourth-order valence-electron chi connectivity index (χ4n) is 1.67. The van der Waals surface area contributed by atoms with Gasteiger partial charge in [0.15, 0.2) is 5.82 Å². The number of halogens is 2. The zero-order valence-electron chi connectivity index (χ0n) is 11.5. The lowest BCUT2D eigenvalue weighted by molar-refractivity contribution is 0.261. The first-order valence-corrected chi connectivity index (χ1v) is 7.12.